The molecule has 4 rings (SSSR count). The van der Waals surface area contributed by atoms with Crippen molar-refractivity contribution in [2.45, 2.75) is 26.8 Å². The summed E-state index contributed by atoms with van der Waals surface area (Å²) in [4.78, 5) is 33.1. The van der Waals surface area contributed by atoms with Crippen LogP contribution < -0.4 is 15.6 Å². The monoisotopic (exact) mass is 480 g/mol. The number of hydrogen-bond acceptors (Lipinski definition) is 7. The first-order valence-electron chi connectivity index (χ1n) is 10.6. The third-order valence-corrected chi connectivity index (χ3v) is 6.57. The van der Waals surface area contributed by atoms with Crippen LogP contribution in [-0.4, -0.2) is 38.2 Å². The molecule has 1 fully saturated rings. The van der Waals surface area contributed by atoms with E-state index in [0.29, 0.717) is 39.3 Å². The Hall–Kier alpha value is -3.17. The molecule has 1 amide bonds. The number of ether oxygens (including phenoxy) is 1. The van der Waals surface area contributed by atoms with Gasteiger partial charge in [-0.1, -0.05) is 49.1 Å². The van der Waals surface area contributed by atoms with Crippen LogP contribution >= 0.6 is 24.0 Å². The van der Waals surface area contributed by atoms with E-state index in [1.807, 2.05) is 50.2 Å². The summed E-state index contributed by atoms with van der Waals surface area (Å²) in [6.07, 6.45) is 4.23. The van der Waals surface area contributed by atoms with Gasteiger partial charge in [-0.2, -0.15) is 0 Å². The van der Waals surface area contributed by atoms with Gasteiger partial charge < -0.3 is 10.1 Å². The summed E-state index contributed by atoms with van der Waals surface area (Å²) in [5.74, 6) is 0.984. The zero-order valence-electron chi connectivity index (χ0n) is 18.6. The normalized spacial score (nSPS) is 15.0. The van der Waals surface area contributed by atoms with Crippen molar-refractivity contribution in [3.8, 4) is 5.75 Å². The molecular formula is C24H24N4O3S2. The number of amides is 1. The van der Waals surface area contributed by atoms with Gasteiger partial charge in [0.1, 0.15) is 21.5 Å². The second kappa shape index (κ2) is 9.76. The van der Waals surface area contributed by atoms with E-state index < -0.39 is 0 Å². The molecule has 0 unspecified atom stereocenters. The van der Waals surface area contributed by atoms with Crippen LogP contribution in [0.4, 0.5) is 5.82 Å². The lowest BCUT2D eigenvalue weighted by molar-refractivity contribution is -0.122. The lowest BCUT2D eigenvalue weighted by Crippen LogP contribution is -2.27. The molecule has 170 valence electrons. The average molecular weight is 481 g/mol. The Labute approximate surface area is 201 Å². The Bertz CT molecular complexity index is 1320. The van der Waals surface area contributed by atoms with Crippen LogP contribution in [0, 0.1) is 6.92 Å². The van der Waals surface area contributed by atoms with Crippen molar-refractivity contribution in [1.82, 2.24) is 14.3 Å². The molecule has 1 aliphatic heterocycles. The first kappa shape index (κ1) is 23.0. The Balaban J connectivity index is 1.70. The minimum absolute atomic E-state index is 0.226. The van der Waals surface area contributed by atoms with Gasteiger partial charge in [0, 0.05) is 12.7 Å². The minimum atomic E-state index is -0.234. The maximum Gasteiger partial charge on any atom is 0.267 e. The maximum atomic E-state index is 13.3. The molecule has 1 N–H and O–H groups in total. The number of nitrogens with one attached hydrogen (secondary N) is 1. The number of nitrogens with zero attached hydrogens (tertiary/aromatic N) is 3. The zero-order valence-corrected chi connectivity index (χ0v) is 20.3. The minimum Gasteiger partial charge on any atom is -0.497 e. The number of anilines is 1. The highest BCUT2D eigenvalue weighted by atomic mass is 32.2. The molecule has 1 aliphatic rings. The number of carbonyl (C=O) groups excluding carboxylic acids is 1. The van der Waals surface area contributed by atoms with Gasteiger partial charge in [0.2, 0.25) is 0 Å². The molecule has 3 heterocycles. The van der Waals surface area contributed by atoms with Crippen LogP contribution in [0.5, 0.6) is 5.75 Å². The number of rotatable bonds is 7. The number of thiocarbonyl (C=S) groups is 1. The zero-order chi connectivity index (χ0) is 23.5. The number of thioether (sulfide) groups is 1. The predicted octanol–water partition coefficient (Wildman–Crippen LogP) is 4.23. The number of fused-ring (bicyclic) bond motifs is 1. The van der Waals surface area contributed by atoms with Crippen molar-refractivity contribution in [2.24, 2.45) is 0 Å². The van der Waals surface area contributed by atoms with Gasteiger partial charge in [-0.15, -0.1) is 0 Å². The Kier molecular flexibility index (Phi) is 6.80. The fraction of sp³-hybridized carbons (Fsp3) is 0.250. The fourth-order valence-electron chi connectivity index (χ4n) is 3.45. The number of hydrogen-bond donors (Lipinski definition) is 1. The van der Waals surface area contributed by atoms with Crippen molar-refractivity contribution in [1.29, 1.82) is 0 Å². The number of carbonyl (C=O) groups is 1. The van der Waals surface area contributed by atoms with E-state index in [2.05, 4.69) is 10.3 Å². The molecule has 0 atom stereocenters. The molecular weight excluding hydrogens is 456 g/mol. The first-order chi connectivity index (χ1) is 15.9. The number of aromatic nitrogens is 2. The standard InChI is InChI=1S/C24H24N4O3S2/c1-4-11-25-21-18(22(29)27-13-15(2)5-10-20(27)26-21)12-19-23(30)28(24(32)33-19)14-16-6-8-17(31-3)9-7-16/h5-10,12-13,25H,4,11,14H2,1-3H3/b19-12+. The van der Waals surface area contributed by atoms with E-state index >= 15 is 0 Å². The Morgan fingerprint density at radius 1 is 1.18 bits per heavy atom. The largest absolute Gasteiger partial charge is 0.497 e. The second-order valence-electron chi connectivity index (χ2n) is 7.66. The van der Waals surface area contributed by atoms with E-state index in [1.165, 1.54) is 16.2 Å². The number of methoxy groups -OCH3 is 1. The van der Waals surface area contributed by atoms with Crippen LogP contribution in [0.1, 0.15) is 30.0 Å². The highest BCUT2D eigenvalue weighted by Crippen LogP contribution is 2.34. The van der Waals surface area contributed by atoms with Crippen molar-refractivity contribution in [2.75, 3.05) is 19.0 Å². The topological polar surface area (TPSA) is 75.9 Å². The molecule has 1 aromatic carbocycles. The van der Waals surface area contributed by atoms with Gasteiger partial charge in [-0.25, -0.2) is 4.98 Å². The highest BCUT2D eigenvalue weighted by Gasteiger charge is 2.32. The lowest BCUT2D eigenvalue weighted by atomic mass is 10.2. The summed E-state index contributed by atoms with van der Waals surface area (Å²) in [6, 6.07) is 11.2. The van der Waals surface area contributed by atoms with Crippen LogP contribution in [-0.2, 0) is 11.3 Å². The van der Waals surface area contributed by atoms with Gasteiger partial charge in [0.25, 0.3) is 11.5 Å². The Morgan fingerprint density at radius 2 is 1.94 bits per heavy atom. The summed E-state index contributed by atoms with van der Waals surface area (Å²) < 4.78 is 7.15. The van der Waals surface area contributed by atoms with Gasteiger partial charge in [0.15, 0.2) is 0 Å². The molecule has 0 bridgehead atoms. The van der Waals surface area contributed by atoms with Crippen LogP contribution in [0.2, 0.25) is 0 Å². The SMILES string of the molecule is CCCNc1nc2ccc(C)cn2c(=O)c1/C=C1/SC(=S)N(Cc2ccc(OC)cc2)C1=O. The van der Waals surface area contributed by atoms with Crippen molar-refractivity contribution < 1.29 is 9.53 Å². The van der Waals surface area contributed by atoms with E-state index in [9.17, 15) is 9.59 Å². The number of benzene rings is 1. The van der Waals surface area contributed by atoms with Crippen molar-refractivity contribution >= 4 is 51.7 Å². The molecule has 3 aromatic rings. The smallest absolute Gasteiger partial charge is 0.267 e. The van der Waals surface area contributed by atoms with Gasteiger partial charge in [0.05, 0.1) is 24.1 Å². The molecule has 0 spiro atoms. The number of aryl methyl sites for hydroxylation is 1. The lowest BCUT2D eigenvalue weighted by Gasteiger charge is -2.14. The number of pyridine rings is 1. The average Bonchev–Trinajstić information content (AvgIpc) is 3.08. The van der Waals surface area contributed by atoms with Crippen molar-refractivity contribution in [3.05, 3.63) is 74.5 Å². The third-order valence-electron chi connectivity index (χ3n) is 5.20. The molecule has 1 saturated heterocycles. The molecule has 7 nitrogen and oxygen atoms in total. The summed E-state index contributed by atoms with van der Waals surface area (Å²) in [7, 11) is 1.61. The first-order valence-corrected chi connectivity index (χ1v) is 11.8. The van der Waals surface area contributed by atoms with E-state index in [-0.39, 0.29) is 11.5 Å². The maximum absolute atomic E-state index is 13.3. The van der Waals surface area contributed by atoms with E-state index in [4.69, 9.17) is 17.0 Å². The molecule has 33 heavy (non-hydrogen) atoms. The molecule has 2 aromatic heterocycles. The summed E-state index contributed by atoms with van der Waals surface area (Å²) >= 11 is 6.67. The van der Waals surface area contributed by atoms with Gasteiger partial charge >= 0.3 is 0 Å². The molecule has 0 saturated carbocycles. The fourth-order valence-corrected chi connectivity index (χ4v) is 4.68. The third kappa shape index (κ3) is 4.79. The van der Waals surface area contributed by atoms with Crippen LogP contribution in [0.15, 0.2) is 52.3 Å². The molecule has 0 radical (unpaired) electrons. The second-order valence-corrected chi connectivity index (χ2v) is 9.33. The molecule has 9 heteroatoms. The van der Waals surface area contributed by atoms with Crippen LogP contribution in [0.3, 0.4) is 0 Å². The molecule has 0 aliphatic carbocycles. The van der Waals surface area contributed by atoms with Gasteiger partial charge in [-0.3, -0.25) is 18.9 Å². The Morgan fingerprint density at radius 3 is 2.64 bits per heavy atom. The summed E-state index contributed by atoms with van der Waals surface area (Å²) in [5, 5.41) is 3.22. The summed E-state index contributed by atoms with van der Waals surface area (Å²) in [5.41, 5.74) is 2.53. The summed E-state index contributed by atoms with van der Waals surface area (Å²) in [6.45, 7) is 4.96. The van der Waals surface area contributed by atoms with E-state index in [1.54, 1.807) is 24.3 Å². The van der Waals surface area contributed by atoms with E-state index in [0.717, 1.165) is 23.3 Å². The van der Waals surface area contributed by atoms with Crippen molar-refractivity contribution in [3.63, 3.8) is 0 Å². The predicted molar refractivity (Wildman–Crippen MR) is 137 cm³/mol. The van der Waals surface area contributed by atoms with Gasteiger partial charge in [-0.05, 0) is 48.7 Å². The quantitative estimate of drug-likeness (QED) is 0.401. The highest BCUT2D eigenvalue weighted by molar-refractivity contribution is 8.26. The van der Waals surface area contributed by atoms with Crippen LogP contribution in [0.25, 0.3) is 11.7 Å².